The van der Waals surface area contributed by atoms with Gasteiger partial charge in [-0.1, -0.05) is 23.9 Å². The molecule has 1 heterocycles. The fourth-order valence-electron chi connectivity index (χ4n) is 1.65. The monoisotopic (exact) mass is 290 g/mol. The van der Waals surface area contributed by atoms with Crippen LogP contribution in [0.25, 0.3) is 11.3 Å². The average molecular weight is 290 g/mol. The van der Waals surface area contributed by atoms with E-state index in [1.165, 1.54) is 11.8 Å². The van der Waals surface area contributed by atoms with Crippen molar-refractivity contribution in [1.29, 1.82) is 0 Å². The number of ether oxygens (including phenoxy) is 1. The Balaban J connectivity index is 2.19. The Morgan fingerprint density at radius 3 is 2.90 bits per heavy atom. The van der Waals surface area contributed by atoms with Gasteiger partial charge in [0, 0.05) is 17.5 Å². The quantitative estimate of drug-likeness (QED) is 0.651. The van der Waals surface area contributed by atoms with E-state index in [0.717, 1.165) is 17.0 Å². The largest absolute Gasteiger partial charge is 0.496 e. The van der Waals surface area contributed by atoms with E-state index in [9.17, 15) is 4.79 Å². The predicted molar refractivity (Wildman–Crippen MR) is 77.0 cm³/mol. The van der Waals surface area contributed by atoms with Crippen LogP contribution >= 0.6 is 11.8 Å². The van der Waals surface area contributed by atoms with Crippen LogP contribution in [0.5, 0.6) is 5.75 Å². The van der Waals surface area contributed by atoms with Crippen molar-refractivity contribution in [3.63, 3.8) is 0 Å². The summed E-state index contributed by atoms with van der Waals surface area (Å²) in [6.45, 7) is 0. The van der Waals surface area contributed by atoms with Gasteiger partial charge >= 0.3 is 5.97 Å². The molecule has 1 N–H and O–H groups in total. The van der Waals surface area contributed by atoms with E-state index in [0.29, 0.717) is 10.9 Å². The molecule has 1 aromatic heterocycles. The van der Waals surface area contributed by atoms with Crippen LogP contribution in [0.15, 0.2) is 41.7 Å². The number of thioether (sulfide) groups is 1. The molecule has 5 nitrogen and oxygen atoms in total. The zero-order chi connectivity index (χ0) is 14.4. The van der Waals surface area contributed by atoms with Crippen molar-refractivity contribution in [2.24, 2.45) is 0 Å². The standard InChI is InChI=1S/C14H14N2O3S/c1-19-12-5-3-2-4-10(12)11-6-8-15-14(16-11)20-9-7-13(17)18/h2-6,8H,7,9H2,1H3,(H,17,18). The number of nitrogens with zero attached hydrogens (tertiary/aromatic N) is 2. The lowest BCUT2D eigenvalue weighted by Crippen LogP contribution is -1.97. The number of para-hydroxylation sites is 1. The number of benzene rings is 1. The van der Waals surface area contributed by atoms with E-state index in [1.807, 2.05) is 24.3 Å². The first-order valence-corrected chi connectivity index (χ1v) is 7.00. The van der Waals surface area contributed by atoms with Crippen molar-refractivity contribution >= 4 is 17.7 Å². The summed E-state index contributed by atoms with van der Waals surface area (Å²) >= 11 is 1.33. The topological polar surface area (TPSA) is 72.3 Å². The molecule has 0 spiro atoms. The average Bonchev–Trinajstić information content (AvgIpc) is 2.47. The van der Waals surface area contributed by atoms with E-state index in [-0.39, 0.29) is 6.42 Å². The van der Waals surface area contributed by atoms with Gasteiger partial charge in [0.2, 0.25) is 0 Å². The highest BCUT2D eigenvalue weighted by Gasteiger charge is 2.08. The van der Waals surface area contributed by atoms with Gasteiger partial charge in [0.1, 0.15) is 5.75 Å². The van der Waals surface area contributed by atoms with Gasteiger partial charge in [-0.15, -0.1) is 0 Å². The maximum atomic E-state index is 10.5. The number of carboxylic acids is 1. The fraction of sp³-hybridized carbons (Fsp3) is 0.214. The molecule has 2 rings (SSSR count). The smallest absolute Gasteiger partial charge is 0.304 e. The van der Waals surface area contributed by atoms with Gasteiger partial charge < -0.3 is 9.84 Å². The summed E-state index contributed by atoms with van der Waals surface area (Å²) < 4.78 is 5.31. The third-order valence-electron chi connectivity index (χ3n) is 2.56. The number of aromatic nitrogens is 2. The van der Waals surface area contributed by atoms with E-state index in [4.69, 9.17) is 9.84 Å². The summed E-state index contributed by atoms with van der Waals surface area (Å²) in [5, 5.41) is 9.19. The molecule has 0 aliphatic carbocycles. The van der Waals surface area contributed by atoms with Crippen molar-refractivity contribution in [2.45, 2.75) is 11.6 Å². The lowest BCUT2D eigenvalue weighted by molar-refractivity contribution is -0.136. The van der Waals surface area contributed by atoms with Crippen LogP contribution < -0.4 is 4.74 Å². The third-order valence-corrected chi connectivity index (χ3v) is 3.43. The van der Waals surface area contributed by atoms with E-state index >= 15 is 0 Å². The second-order valence-corrected chi connectivity index (χ2v) is 4.98. The van der Waals surface area contributed by atoms with E-state index in [1.54, 1.807) is 19.4 Å². The van der Waals surface area contributed by atoms with Crippen LogP contribution in [0.2, 0.25) is 0 Å². The molecular formula is C14H14N2O3S. The van der Waals surface area contributed by atoms with E-state index < -0.39 is 5.97 Å². The first-order chi connectivity index (χ1) is 9.70. The van der Waals surface area contributed by atoms with Crippen molar-refractivity contribution in [3.8, 4) is 17.0 Å². The summed E-state index contributed by atoms with van der Waals surface area (Å²) in [6.07, 6.45) is 1.75. The molecule has 20 heavy (non-hydrogen) atoms. The van der Waals surface area contributed by atoms with Crippen LogP contribution in [0.3, 0.4) is 0 Å². The van der Waals surface area contributed by atoms with Crippen LogP contribution in [-0.4, -0.2) is 33.9 Å². The highest BCUT2D eigenvalue weighted by atomic mass is 32.2. The lowest BCUT2D eigenvalue weighted by atomic mass is 10.1. The summed E-state index contributed by atoms with van der Waals surface area (Å²) in [5.74, 6) is 0.371. The highest BCUT2D eigenvalue weighted by molar-refractivity contribution is 7.99. The van der Waals surface area contributed by atoms with E-state index in [2.05, 4.69) is 9.97 Å². The molecule has 1 aromatic carbocycles. The molecular weight excluding hydrogens is 276 g/mol. The number of hydrogen-bond acceptors (Lipinski definition) is 5. The number of hydrogen-bond donors (Lipinski definition) is 1. The van der Waals surface area contributed by atoms with Gasteiger partial charge in [-0.25, -0.2) is 9.97 Å². The Labute approximate surface area is 121 Å². The second-order valence-electron chi connectivity index (χ2n) is 3.92. The van der Waals surface area contributed by atoms with Crippen molar-refractivity contribution in [3.05, 3.63) is 36.5 Å². The Bertz CT molecular complexity index is 604. The molecule has 2 aromatic rings. The second kappa shape index (κ2) is 6.91. The molecule has 0 atom stereocenters. The molecule has 0 aliphatic heterocycles. The molecule has 6 heteroatoms. The summed E-state index contributed by atoms with van der Waals surface area (Å²) in [6, 6.07) is 9.41. The first-order valence-electron chi connectivity index (χ1n) is 6.01. The molecule has 0 saturated carbocycles. The molecule has 0 bridgehead atoms. The molecule has 0 aliphatic rings. The summed E-state index contributed by atoms with van der Waals surface area (Å²) in [4.78, 5) is 19.1. The summed E-state index contributed by atoms with van der Waals surface area (Å²) in [5.41, 5.74) is 1.65. The van der Waals surface area contributed by atoms with Crippen molar-refractivity contribution < 1.29 is 14.6 Å². The molecule has 0 radical (unpaired) electrons. The zero-order valence-electron chi connectivity index (χ0n) is 10.9. The fourth-order valence-corrected chi connectivity index (χ4v) is 2.40. The van der Waals surface area contributed by atoms with Crippen LogP contribution in [0, 0.1) is 0 Å². The molecule has 0 saturated heterocycles. The Morgan fingerprint density at radius 1 is 1.35 bits per heavy atom. The Morgan fingerprint density at radius 2 is 2.15 bits per heavy atom. The Hall–Kier alpha value is -2.08. The maximum Gasteiger partial charge on any atom is 0.304 e. The van der Waals surface area contributed by atoms with Gasteiger partial charge in [-0.2, -0.15) is 0 Å². The molecule has 0 amide bonds. The highest BCUT2D eigenvalue weighted by Crippen LogP contribution is 2.28. The molecule has 0 unspecified atom stereocenters. The number of carbonyl (C=O) groups is 1. The molecule has 104 valence electrons. The minimum absolute atomic E-state index is 0.0902. The first kappa shape index (κ1) is 14.3. The number of rotatable bonds is 6. The molecule has 0 fully saturated rings. The maximum absolute atomic E-state index is 10.5. The van der Waals surface area contributed by atoms with Crippen molar-refractivity contribution in [1.82, 2.24) is 9.97 Å². The van der Waals surface area contributed by atoms with Gasteiger partial charge in [-0.05, 0) is 18.2 Å². The van der Waals surface area contributed by atoms with Gasteiger partial charge in [0.15, 0.2) is 5.16 Å². The van der Waals surface area contributed by atoms with Gasteiger partial charge in [0.25, 0.3) is 0 Å². The predicted octanol–water partition coefficient (Wildman–Crippen LogP) is 2.72. The SMILES string of the molecule is COc1ccccc1-c1ccnc(SCCC(=O)O)n1. The summed E-state index contributed by atoms with van der Waals surface area (Å²) in [7, 11) is 1.61. The van der Waals surface area contributed by atoms with Crippen LogP contribution in [0.4, 0.5) is 0 Å². The number of carboxylic acid groups (broad SMARTS) is 1. The Kier molecular flexibility index (Phi) is 4.95. The minimum atomic E-state index is -0.821. The third kappa shape index (κ3) is 3.71. The number of methoxy groups -OCH3 is 1. The number of aliphatic carboxylic acids is 1. The van der Waals surface area contributed by atoms with Crippen molar-refractivity contribution in [2.75, 3.05) is 12.9 Å². The van der Waals surface area contributed by atoms with Crippen LogP contribution in [0.1, 0.15) is 6.42 Å². The zero-order valence-corrected chi connectivity index (χ0v) is 11.8. The van der Waals surface area contributed by atoms with Crippen LogP contribution in [-0.2, 0) is 4.79 Å². The van der Waals surface area contributed by atoms with Gasteiger partial charge in [-0.3, -0.25) is 4.79 Å². The van der Waals surface area contributed by atoms with Gasteiger partial charge in [0.05, 0.1) is 19.2 Å². The lowest BCUT2D eigenvalue weighted by Gasteiger charge is -2.08. The minimum Gasteiger partial charge on any atom is -0.496 e. The normalized spacial score (nSPS) is 10.2.